The van der Waals surface area contributed by atoms with E-state index in [0.717, 1.165) is 17.5 Å². The third-order valence-corrected chi connectivity index (χ3v) is 4.04. The van der Waals surface area contributed by atoms with Crippen LogP contribution in [0.1, 0.15) is 23.7 Å². The van der Waals surface area contributed by atoms with Crippen LogP contribution in [0.25, 0.3) is 0 Å². The molecule has 2 aromatic rings. The van der Waals surface area contributed by atoms with Crippen LogP contribution in [0.3, 0.4) is 0 Å². The quantitative estimate of drug-likeness (QED) is 0.925. The van der Waals surface area contributed by atoms with Gasteiger partial charge in [-0.25, -0.2) is 14.9 Å². The van der Waals surface area contributed by atoms with Crippen molar-refractivity contribution in [3.05, 3.63) is 47.3 Å². The minimum atomic E-state index is -5.02. The normalized spacial score (nSPS) is 14.1. The Morgan fingerprint density at radius 3 is 2.64 bits per heavy atom. The zero-order valence-electron chi connectivity index (χ0n) is 13.6. The number of rotatable bonds is 3. The third kappa shape index (κ3) is 3.63. The van der Waals surface area contributed by atoms with Crippen molar-refractivity contribution in [2.24, 2.45) is 0 Å². The highest BCUT2D eigenvalue weighted by atomic mass is 19.4. The van der Waals surface area contributed by atoms with Crippen molar-refractivity contribution in [3.8, 4) is 0 Å². The molecule has 1 aliphatic rings. The maximum atomic E-state index is 13.1. The molecule has 5 nitrogen and oxygen atoms in total. The second kappa shape index (κ2) is 6.79. The number of halogens is 3. The number of carbonyl (C=O) groups excluding carboxylic acids is 1. The Hall–Kier alpha value is -2.48. The second-order valence-corrected chi connectivity index (χ2v) is 5.73. The van der Waals surface area contributed by atoms with Crippen molar-refractivity contribution in [2.45, 2.75) is 32.5 Å². The van der Waals surface area contributed by atoms with Crippen molar-refractivity contribution in [1.82, 2.24) is 15.3 Å². The summed E-state index contributed by atoms with van der Waals surface area (Å²) in [6, 6.07) is 6.34. The summed E-state index contributed by atoms with van der Waals surface area (Å²) in [5.74, 6) is -2.27. The maximum absolute atomic E-state index is 13.1. The predicted octanol–water partition coefficient (Wildman–Crippen LogP) is 2.91. The van der Waals surface area contributed by atoms with Crippen molar-refractivity contribution in [1.29, 1.82) is 0 Å². The standard InChI is InChI=1S/C17H17F3N4O/c1-2-11-3-5-13(6-4-11)24(15(25)17(18,19)20)16-22-10-12-9-21-8-7-14(12)23-16/h3-6,10,21H,2,7-9H2,1H3. The summed E-state index contributed by atoms with van der Waals surface area (Å²) >= 11 is 0. The fourth-order valence-electron chi connectivity index (χ4n) is 2.66. The summed E-state index contributed by atoms with van der Waals surface area (Å²) in [6.07, 6.45) is -2.23. The van der Waals surface area contributed by atoms with Crippen LogP contribution in [0, 0.1) is 0 Å². The molecule has 0 saturated carbocycles. The number of anilines is 2. The van der Waals surface area contributed by atoms with Crippen LogP contribution in [0.5, 0.6) is 0 Å². The molecule has 2 heterocycles. The Balaban J connectivity index is 2.05. The largest absolute Gasteiger partial charge is 0.472 e. The number of nitrogens with one attached hydrogen (secondary N) is 1. The van der Waals surface area contributed by atoms with Gasteiger partial charge in [0.05, 0.1) is 11.4 Å². The molecule has 132 valence electrons. The van der Waals surface area contributed by atoms with E-state index < -0.39 is 12.1 Å². The summed E-state index contributed by atoms with van der Waals surface area (Å²) in [6.45, 7) is 3.18. The summed E-state index contributed by atoms with van der Waals surface area (Å²) < 4.78 is 39.3. The van der Waals surface area contributed by atoms with Gasteiger partial charge >= 0.3 is 12.1 Å². The molecule has 8 heteroatoms. The molecule has 1 aromatic carbocycles. The zero-order chi connectivity index (χ0) is 18.0. The van der Waals surface area contributed by atoms with Gasteiger partial charge in [0.1, 0.15) is 0 Å². The highest BCUT2D eigenvalue weighted by molar-refractivity contribution is 6.02. The smallest absolute Gasteiger partial charge is 0.312 e. The Bertz CT molecular complexity index is 774. The van der Waals surface area contributed by atoms with Crippen LogP contribution in [-0.4, -0.2) is 28.6 Å². The lowest BCUT2D eigenvalue weighted by atomic mass is 10.1. The van der Waals surface area contributed by atoms with E-state index in [1.54, 1.807) is 12.1 Å². The zero-order valence-corrected chi connectivity index (χ0v) is 13.6. The molecule has 1 aliphatic heterocycles. The lowest BCUT2D eigenvalue weighted by Gasteiger charge is -2.24. The molecule has 0 aliphatic carbocycles. The fraction of sp³-hybridized carbons (Fsp3) is 0.353. The van der Waals surface area contributed by atoms with E-state index in [-0.39, 0.29) is 11.6 Å². The molecule has 1 amide bonds. The monoisotopic (exact) mass is 350 g/mol. The van der Waals surface area contributed by atoms with Crippen molar-refractivity contribution in [3.63, 3.8) is 0 Å². The minimum Gasteiger partial charge on any atom is -0.312 e. The third-order valence-electron chi connectivity index (χ3n) is 4.04. The number of hydrogen-bond acceptors (Lipinski definition) is 4. The van der Waals surface area contributed by atoms with Crippen LogP contribution < -0.4 is 10.2 Å². The van der Waals surface area contributed by atoms with Crippen LogP contribution in [-0.2, 0) is 24.2 Å². The van der Waals surface area contributed by atoms with E-state index >= 15 is 0 Å². The van der Waals surface area contributed by atoms with Gasteiger partial charge in [-0.1, -0.05) is 19.1 Å². The van der Waals surface area contributed by atoms with Gasteiger partial charge in [-0.3, -0.25) is 4.79 Å². The Morgan fingerprint density at radius 2 is 2.00 bits per heavy atom. The molecule has 0 saturated heterocycles. The number of fused-ring (bicyclic) bond motifs is 1. The predicted molar refractivity (Wildman–Crippen MR) is 86.5 cm³/mol. The molecule has 1 aromatic heterocycles. The molecular formula is C17H17F3N4O. The van der Waals surface area contributed by atoms with E-state index in [9.17, 15) is 18.0 Å². The van der Waals surface area contributed by atoms with Crippen LogP contribution in [0.2, 0.25) is 0 Å². The van der Waals surface area contributed by atoms with Crippen LogP contribution in [0.4, 0.5) is 24.8 Å². The average Bonchev–Trinajstić information content (AvgIpc) is 2.61. The number of aryl methyl sites for hydroxylation is 1. The lowest BCUT2D eigenvalue weighted by molar-refractivity contribution is -0.169. The number of amides is 1. The molecular weight excluding hydrogens is 333 g/mol. The van der Waals surface area contributed by atoms with E-state index in [4.69, 9.17) is 0 Å². The van der Waals surface area contributed by atoms with E-state index in [1.807, 2.05) is 6.92 Å². The summed E-state index contributed by atoms with van der Waals surface area (Å²) in [7, 11) is 0. The average molecular weight is 350 g/mol. The number of alkyl halides is 3. The molecule has 0 bridgehead atoms. The SMILES string of the molecule is CCc1ccc(N(C(=O)C(F)(F)F)c2ncc3c(n2)CCNC3)cc1. The fourth-order valence-corrected chi connectivity index (χ4v) is 2.66. The van der Waals surface area contributed by atoms with Gasteiger partial charge < -0.3 is 5.32 Å². The molecule has 25 heavy (non-hydrogen) atoms. The number of nitrogens with zero attached hydrogens (tertiary/aromatic N) is 3. The van der Waals surface area contributed by atoms with Gasteiger partial charge in [0, 0.05) is 31.3 Å². The van der Waals surface area contributed by atoms with E-state index in [0.29, 0.717) is 30.1 Å². The Kier molecular flexibility index (Phi) is 4.71. The minimum absolute atomic E-state index is 0.0911. The number of hydrogen-bond donors (Lipinski definition) is 1. The van der Waals surface area contributed by atoms with Gasteiger partial charge in [-0.15, -0.1) is 0 Å². The lowest BCUT2D eigenvalue weighted by Crippen LogP contribution is -2.39. The van der Waals surface area contributed by atoms with Gasteiger partial charge in [0.15, 0.2) is 0 Å². The van der Waals surface area contributed by atoms with Gasteiger partial charge in [0.25, 0.3) is 0 Å². The second-order valence-electron chi connectivity index (χ2n) is 5.73. The first kappa shape index (κ1) is 17.3. The first-order valence-corrected chi connectivity index (χ1v) is 7.96. The van der Waals surface area contributed by atoms with Crippen molar-refractivity contribution < 1.29 is 18.0 Å². The first-order valence-electron chi connectivity index (χ1n) is 7.96. The number of benzene rings is 1. The van der Waals surface area contributed by atoms with Crippen molar-refractivity contribution in [2.75, 3.05) is 11.4 Å². The summed E-state index contributed by atoms with van der Waals surface area (Å²) in [4.78, 5) is 20.7. The highest BCUT2D eigenvalue weighted by Gasteiger charge is 2.44. The molecule has 0 fully saturated rings. The van der Waals surface area contributed by atoms with E-state index in [2.05, 4.69) is 15.3 Å². The summed E-state index contributed by atoms with van der Waals surface area (Å²) in [5.41, 5.74) is 2.54. The number of carbonyl (C=O) groups is 1. The highest BCUT2D eigenvalue weighted by Crippen LogP contribution is 2.30. The molecule has 1 N–H and O–H groups in total. The number of aromatic nitrogens is 2. The van der Waals surface area contributed by atoms with Crippen molar-refractivity contribution >= 4 is 17.5 Å². The van der Waals surface area contributed by atoms with Crippen LogP contribution >= 0.6 is 0 Å². The molecule has 0 unspecified atom stereocenters. The van der Waals surface area contributed by atoms with Gasteiger partial charge in [-0.05, 0) is 24.1 Å². The first-order chi connectivity index (χ1) is 11.9. The summed E-state index contributed by atoms with van der Waals surface area (Å²) in [5, 5.41) is 3.14. The van der Waals surface area contributed by atoms with Crippen LogP contribution in [0.15, 0.2) is 30.5 Å². The van der Waals surface area contributed by atoms with Gasteiger partial charge in [0.2, 0.25) is 5.95 Å². The molecule has 0 atom stereocenters. The molecule has 0 radical (unpaired) electrons. The Labute approximate surface area is 142 Å². The van der Waals surface area contributed by atoms with Gasteiger partial charge in [-0.2, -0.15) is 13.2 Å². The Morgan fingerprint density at radius 1 is 1.28 bits per heavy atom. The molecule has 3 rings (SSSR count). The molecule has 0 spiro atoms. The van der Waals surface area contributed by atoms with E-state index in [1.165, 1.54) is 18.3 Å². The maximum Gasteiger partial charge on any atom is 0.472 e. The topological polar surface area (TPSA) is 58.1 Å².